The summed E-state index contributed by atoms with van der Waals surface area (Å²) in [6.07, 6.45) is 5.32. The van der Waals surface area contributed by atoms with Crippen LogP contribution < -0.4 is 10.1 Å². The van der Waals surface area contributed by atoms with Crippen LogP contribution in [0.5, 0.6) is 11.6 Å². The summed E-state index contributed by atoms with van der Waals surface area (Å²) in [4.78, 5) is 9.58. The Morgan fingerprint density at radius 1 is 1.22 bits per heavy atom. The maximum absolute atomic E-state index is 5.64. The Labute approximate surface area is 111 Å². The summed E-state index contributed by atoms with van der Waals surface area (Å²) < 4.78 is 5.64. The molecule has 4 nitrogen and oxygen atoms in total. The van der Waals surface area contributed by atoms with Crippen molar-refractivity contribution in [2.24, 2.45) is 0 Å². The molecule has 0 bridgehead atoms. The lowest BCUT2D eigenvalue weighted by Gasteiger charge is -2.07. The topological polar surface area (TPSA) is 47.0 Å². The van der Waals surface area contributed by atoms with Crippen molar-refractivity contribution in [1.29, 1.82) is 0 Å². The van der Waals surface area contributed by atoms with Gasteiger partial charge in [0.15, 0.2) is 0 Å². The average Bonchev–Trinajstić information content (AvgIpc) is 2.40. The molecule has 1 aromatic carbocycles. The molecule has 0 unspecified atom stereocenters. The van der Waals surface area contributed by atoms with Gasteiger partial charge in [-0.3, -0.25) is 4.98 Å². The number of hydrogen-bond donors (Lipinski definition) is 1. The first-order chi connectivity index (χ1) is 8.81. The van der Waals surface area contributed by atoms with E-state index < -0.39 is 0 Å². The second kappa shape index (κ2) is 6.26. The number of ether oxygens (including phenoxy) is 1. The van der Waals surface area contributed by atoms with Crippen molar-refractivity contribution in [3.05, 3.63) is 36.7 Å². The maximum Gasteiger partial charge on any atom is 0.239 e. The van der Waals surface area contributed by atoms with Crippen LogP contribution in [0.25, 0.3) is 0 Å². The van der Waals surface area contributed by atoms with Crippen molar-refractivity contribution in [1.82, 2.24) is 9.97 Å². The van der Waals surface area contributed by atoms with Crippen LogP contribution in [0.1, 0.15) is 6.92 Å². The lowest BCUT2D eigenvalue weighted by molar-refractivity contribution is 0.460. The zero-order chi connectivity index (χ0) is 12.8. The van der Waals surface area contributed by atoms with Crippen LogP contribution in [0.4, 0.5) is 5.82 Å². The molecule has 0 aliphatic rings. The summed E-state index contributed by atoms with van der Waals surface area (Å²) in [5.41, 5.74) is 0. The molecule has 5 heteroatoms. The number of aromatic nitrogens is 2. The number of nitrogens with zero attached hydrogens (tertiary/aromatic N) is 2. The Bertz CT molecular complexity index is 502. The number of nitrogens with one attached hydrogen (secondary N) is 1. The van der Waals surface area contributed by atoms with E-state index in [0.29, 0.717) is 5.88 Å². The normalized spacial score (nSPS) is 10.1. The zero-order valence-electron chi connectivity index (χ0n) is 10.4. The van der Waals surface area contributed by atoms with E-state index in [9.17, 15) is 0 Å². The minimum absolute atomic E-state index is 0.491. The van der Waals surface area contributed by atoms with E-state index in [0.717, 1.165) is 18.1 Å². The molecule has 0 saturated heterocycles. The molecule has 0 radical (unpaired) electrons. The van der Waals surface area contributed by atoms with Crippen molar-refractivity contribution in [3.63, 3.8) is 0 Å². The Balaban J connectivity index is 2.09. The molecular weight excluding hydrogens is 246 g/mol. The smallest absolute Gasteiger partial charge is 0.239 e. The molecule has 0 fully saturated rings. The lowest BCUT2D eigenvalue weighted by atomic mass is 10.3. The number of rotatable bonds is 5. The quantitative estimate of drug-likeness (QED) is 0.836. The Morgan fingerprint density at radius 3 is 2.67 bits per heavy atom. The van der Waals surface area contributed by atoms with Crippen molar-refractivity contribution >= 4 is 17.6 Å². The fourth-order valence-corrected chi connectivity index (χ4v) is 1.84. The van der Waals surface area contributed by atoms with E-state index in [1.54, 1.807) is 24.2 Å². The highest BCUT2D eigenvalue weighted by atomic mass is 32.2. The van der Waals surface area contributed by atoms with Crippen LogP contribution in [0, 0.1) is 0 Å². The third kappa shape index (κ3) is 3.37. The van der Waals surface area contributed by atoms with Crippen molar-refractivity contribution < 1.29 is 4.74 Å². The van der Waals surface area contributed by atoms with Crippen LogP contribution in [0.3, 0.4) is 0 Å². The van der Waals surface area contributed by atoms with Crippen molar-refractivity contribution in [2.45, 2.75) is 11.8 Å². The van der Waals surface area contributed by atoms with Gasteiger partial charge in [-0.25, -0.2) is 0 Å². The molecule has 2 rings (SSSR count). The van der Waals surface area contributed by atoms with Gasteiger partial charge >= 0.3 is 0 Å². The Morgan fingerprint density at radius 2 is 2.00 bits per heavy atom. The third-order valence-corrected chi connectivity index (χ3v) is 3.00. The van der Waals surface area contributed by atoms with Crippen LogP contribution in [-0.4, -0.2) is 22.8 Å². The monoisotopic (exact) mass is 261 g/mol. The van der Waals surface area contributed by atoms with Gasteiger partial charge in [-0.2, -0.15) is 4.98 Å². The molecule has 0 spiro atoms. The minimum atomic E-state index is 0.491. The molecule has 0 aliphatic heterocycles. The summed E-state index contributed by atoms with van der Waals surface area (Å²) in [6, 6.07) is 7.88. The van der Waals surface area contributed by atoms with Gasteiger partial charge in [-0.1, -0.05) is 0 Å². The molecule has 94 valence electrons. The lowest BCUT2D eigenvalue weighted by Crippen LogP contribution is -2.00. The van der Waals surface area contributed by atoms with E-state index in [-0.39, 0.29) is 0 Å². The second-order valence-corrected chi connectivity index (χ2v) is 4.43. The standard InChI is InChI=1S/C13H15N3OS/c1-3-15-12-8-14-9-13(16-12)17-10-4-6-11(18-2)7-5-10/h4-9H,3H2,1-2H3,(H,15,16). The van der Waals surface area contributed by atoms with E-state index in [1.807, 2.05) is 37.4 Å². The maximum atomic E-state index is 5.64. The first-order valence-corrected chi connectivity index (χ1v) is 6.92. The van der Waals surface area contributed by atoms with Crippen LogP contribution in [0.2, 0.25) is 0 Å². The minimum Gasteiger partial charge on any atom is -0.437 e. The zero-order valence-corrected chi connectivity index (χ0v) is 11.2. The summed E-state index contributed by atoms with van der Waals surface area (Å²) in [6.45, 7) is 2.82. The predicted octanol–water partition coefficient (Wildman–Crippen LogP) is 3.42. The predicted molar refractivity (Wildman–Crippen MR) is 74.5 cm³/mol. The molecule has 0 aliphatic carbocycles. The van der Waals surface area contributed by atoms with Gasteiger partial charge in [-0.15, -0.1) is 11.8 Å². The first-order valence-electron chi connectivity index (χ1n) is 5.69. The van der Waals surface area contributed by atoms with Crippen LogP contribution >= 0.6 is 11.8 Å². The van der Waals surface area contributed by atoms with E-state index in [4.69, 9.17) is 4.74 Å². The van der Waals surface area contributed by atoms with Crippen molar-refractivity contribution in [2.75, 3.05) is 18.1 Å². The molecule has 1 heterocycles. The number of thioether (sulfide) groups is 1. The highest BCUT2D eigenvalue weighted by Crippen LogP contribution is 2.23. The molecule has 0 saturated carbocycles. The number of anilines is 1. The molecular formula is C13H15N3OS. The Hall–Kier alpha value is -1.75. The van der Waals surface area contributed by atoms with E-state index >= 15 is 0 Å². The van der Waals surface area contributed by atoms with E-state index in [2.05, 4.69) is 15.3 Å². The highest BCUT2D eigenvalue weighted by Gasteiger charge is 2.01. The first kappa shape index (κ1) is 12.7. The average molecular weight is 261 g/mol. The molecule has 1 N–H and O–H groups in total. The van der Waals surface area contributed by atoms with E-state index in [1.165, 1.54) is 4.90 Å². The fraction of sp³-hybridized carbons (Fsp3) is 0.231. The molecule has 1 aromatic heterocycles. The Kier molecular flexibility index (Phi) is 4.41. The highest BCUT2D eigenvalue weighted by molar-refractivity contribution is 7.98. The molecule has 2 aromatic rings. The van der Waals surface area contributed by atoms with Gasteiger partial charge in [0, 0.05) is 11.4 Å². The number of benzene rings is 1. The largest absolute Gasteiger partial charge is 0.437 e. The fourth-order valence-electron chi connectivity index (χ4n) is 1.43. The third-order valence-electron chi connectivity index (χ3n) is 2.25. The van der Waals surface area contributed by atoms with Gasteiger partial charge in [0.05, 0.1) is 12.4 Å². The van der Waals surface area contributed by atoms with Gasteiger partial charge in [0.1, 0.15) is 11.6 Å². The molecule has 0 amide bonds. The van der Waals surface area contributed by atoms with Crippen LogP contribution in [-0.2, 0) is 0 Å². The summed E-state index contributed by atoms with van der Waals surface area (Å²) in [7, 11) is 0. The molecule has 0 atom stereocenters. The van der Waals surface area contributed by atoms with Gasteiger partial charge in [-0.05, 0) is 37.4 Å². The molecule has 18 heavy (non-hydrogen) atoms. The number of hydrogen-bond acceptors (Lipinski definition) is 5. The second-order valence-electron chi connectivity index (χ2n) is 3.55. The van der Waals surface area contributed by atoms with Gasteiger partial charge in [0.2, 0.25) is 5.88 Å². The summed E-state index contributed by atoms with van der Waals surface area (Å²) in [5, 5.41) is 3.09. The summed E-state index contributed by atoms with van der Waals surface area (Å²) >= 11 is 1.70. The van der Waals surface area contributed by atoms with Gasteiger partial charge < -0.3 is 10.1 Å². The van der Waals surface area contributed by atoms with Crippen molar-refractivity contribution in [3.8, 4) is 11.6 Å². The summed E-state index contributed by atoms with van der Waals surface area (Å²) in [5.74, 6) is 1.97. The van der Waals surface area contributed by atoms with Gasteiger partial charge in [0.25, 0.3) is 0 Å². The SMILES string of the molecule is CCNc1cncc(Oc2ccc(SC)cc2)n1. The van der Waals surface area contributed by atoms with Crippen LogP contribution in [0.15, 0.2) is 41.6 Å².